The zero-order valence-electron chi connectivity index (χ0n) is 12.4. The Kier molecular flexibility index (Phi) is 6.99. The van der Waals surface area contributed by atoms with Gasteiger partial charge in [-0.05, 0) is 44.0 Å². The van der Waals surface area contributed by atoms with Crippen molar-refractivity contribution < 1.29 is 23.7 Å². The van der Waals surface area contributed by atoms with Gasteiger partial charge >= 0.3 is 0 Å². The van der Waals surface area contributed by atoms with Gasteiger partial charge in [-0.1, -0.05) is 0 Å². The van der Waals surface area contributed by atoms with Crippen LogP contribution in [-0.4, -0.2) is 32.7 Å². The van der Waals surface area contributed by atoms with Gasteiger partial charge in [-0.15, -0.1) is 22.7 Å². The molecule has 2 aliphatic heterocycles. The summed E-state index contributed by atoms with van der Waals surface area (Å²) in [6.45, 7) is 2.66. The fourth-order valence-corrected chi connectivity index (χ4v) is 5.13. The van der Waals surface area contributed by atoms with Crippen LogP contribution in [0.15, 0.2) is 26.5 Å². The molecule has 130 valence electrons. The maximum Gasteiger partial charge on any atom is 0.193 e. The lowest BCUT2D eigenvalue weighted by molar-refractivity contribution is -0.0415. The van der Waals surface area contributed by atoms with Gasteiger partial charge in [0.25, 0.3) is 0 Å². The fourth-order valence-electron chi connectivity index (χ4n) is 2.09. The lowest BCUT2D eigenvalue weighted by Crippen LogP contribution is -1.93. The van der Waals surface area contributed by atoms with Gasteiger partial charge in [0.15, 0.2) is 18.9 Å². The van der Waals surface area contributed by atoms with Gasteiger partial charge in [0, 0.05) is 14.3 Å². The minimum atomic E-state index is -0.282. The molecule has 0 aliphatic carbocycles. The summed E-state index contributed by atoms with van der Waals surface area (Å²) < 4.78 is 23.1. The standard InChI is InChI=1S/C8H7BrO3S.C7H7BrO2S/c9-5-3-6(13-7(5)4-10)8-11-1-2-12-8;8-5-3-6(11-4-5)7-9-1-2-10-7/h3-4,8H,1-2H2;3-4,7H,1-2H2. The van der Waals surface area contributed by atoms with Crippen molar-refractivity contribution in [1.82, 2.24) is 0 Å². The predicted octanol–water partition coefficient (Wildman–Crippen LogP) is 4.92. The lowest BCUT2D eigenvalue weighted by Gasteiger charge is -2.03. The average Bonchev–Trinajstić information content (AvgIpc) is 3.35. The van der Waals surface area contributed by atoms with Gasteiger partial charge in [0.2, 0.25) is 0 Å². The van der Waals surface area contributed by atoms with Crippen molar-refractivity contribution >= 4 is 60.8 Å². The highest BCUT2D eigenvalue weighted by atomic mass is 79.9. The molecule has 0 bridgehead atoms. The summed E-state index contributed by atoms with van der Waals surface area (Å²) in [7, 11) is 0. The number of hydrogen-bond acceptors (Lipinski definition) is 7. The number of ether oxygens (including phenoxy) is 4. The van der Waals surface area contributed by atoms with Crippen LogP contribution in [0.5, 0.6) is 0 Å². The minimum absolute atomic E-state index is 0.119. The Hall–Kier alpha value is -0.130. The van der Waals surface area contributed by atoms with Gasteiger partial charge in [-0.3, -0.25) is 4.79 Å². The first kappa shape index (κ1) is 18.7. The van der Waals surface area contributed by atoms with Crippen molar-refractivity contribution in [3.8, 4) is 0 Å². The molecule has 4 rings (SSSR count). The largest absolute Gasteiger partial charge is 0.345 e. The van der Waals surface area contributed by atoms with Crippen molar-refractivity contribution in [2.75, 3.05) is 26.4 Å². The topological polar surface area (TPSA) is 54.0 Å². The van der Waals surface area contributed by atoms with Crippen LogP contribution in [0.3, 0.4) is 0 Å². The Morgan fingerprint density at radius 1 is 0.958 bits per heavy atom. The first-order chi connectivity index (χ1) is 11.7. The van der Waals surface area contributed by atoms with Crippen LogP contribution in [0, 0.1) is 0 Å². The molecule has 24 heavy (non-hydrogen) atoms. The number of aldehydes is 1. The molecule has 2 fully saturated rings. The molecule has 0 atom stereocenters. The average molecular weight is 498 g/mol. The molecule has 5 nitrogen and oxygen atoms in total. The number of rotatable bonds is 3. The molecule has 9 heteroatoms. The molecule has 0 spiro atoms. The summed E-state index contributed by atoms with van der Waals surface area (Å²) in [5.74, 6) is 0. The Bertz CT molecular complexity index is 675. The highest BCUT2D eigenvalue weighted by Crippen LogP contribution is 2.34. The van der Waals surface area contributed by atoms with E-state index in [2.05, 4.69) is 31.9 Å². The van der Waals surface area contributed by atoms with E-state index in [1.54, 1.807) is 11.3 Å². The molecular weight excluding hydrogens is 484 g/mol. The molecule has 2 aliphatic rings. The monoisotopic (exact) mass is 496 g/mol. The first-order valence-corrected chi connectivity index (χ1v) is 10.4. The number of hydrogen-bond donors (Lipinski definition) is 0. The molecular formula is C15H14Br2O5S2. The van der Waals surface area contributed by atoms with Crippen molar-refractivity contribution in [3.05, 3.63) is 41.1 Å². The van der Waals surface area contributed by atoms with Gasteiger partial charge < -0.3 is 18.9 Å². The highest BCUT2D eigenvalue weighted by molar-refractivity contribution is 9.10. The zero-order chi connectivity index (χ0) is 16.9. The van der Waals surface area contributed by atoms with Crippen LogP contribution < -0.4 is 0 Å². The molecule has 0 N–H and O–H groups in total. The number of carbonyl (C=O) groups is 1. The van der Waals surface area contributed by atoms with E-state index in [-0.39, 0.29) is 12.6 Å². The van der Waals surface area contributed by atoms with E-state index in [0.29, 0.717) is 31.3 Å². The second kappa shape index (κ2) is 9.00. The summed E-state index contributed by atoms with van der Waals surface area (Å²) in [5, 5.41) is 2.03. The van der Waals surface area contributed by atoms with Crippen molar-refractivity contribution in [3.63, 3.8) is 0 Å². The van der Waals surface area contributed by atoms with Gasteiger partial charge in [-0.25, -0.2) is 0 Å². The summed E-state index contributed by atoms with van der Waals surface area (Å²) >= 11 is 9.71. The molecule has 0 radical (unpaired) electrons. The number of thiophene rings is 2. The van der Waals surface area contributed by atoms with Crippen LogP contribution in [0.25, 0.3) is 0 Å². The van der Waals surface area contributed by atoms with Crippen molar-refractivity contribution in [1.29, 1.82) is 0 Å². The molecule has 2 saturated heterocycles. The maximum absolute atomic E-state index is 10.6. The van der Waals surface area contributed by atoms with Crippen LogP contribution in [0.2, 0.25) is 0 Å². The quantitative estimate of drug-likeness (QED) is 0.563. The Morgan fingerprint density at radius 2 is 1.54 bits per heavy atom. The van der Waals surface area contributed by atoms with Gasteiger partial charge in [-0.2, -0.15) is 0 Å². The maximum atomic E-state index is 10.6. The smallest absolute Gasteiger partial charge is 0.193 e. The SMILES string of the molecule is Brc1csc(C2OCCO2)c1.O=Cc1sc(C2OCCO2)cc1Br. The Morgan fingerprint density at radius 3 is 2.00 bits per heavy atom. The lowest BCUT2D eigenvalue weighted by atomic mass is 10.4. The molecule has 2 aromatic heterocycles. The van der Waals surface area contributed by atoms with Crippen LogP contribution in [-0.2, 0) is 18.9 Å². The minimum Gasteiger partial charge on any atom is -0.345 e. The number of carbonyl (C=O) groups excluding carboxylic acids is 1. The van der Waals surface area contributed by atoms with Crippen molar-refractivity contribution in [2.45, 2.75) is 12.6 Å². The molecule has 0 saturated carbocycles. The summed E-state index contributed by atoms with van der Waals surface area (Å²) in [4.78, 5) is 13.3. The molecule has 0 unspecified atom stereocenters. The van der Waals surface area contributed by atoms with Gasteiger partial charge in [0.1, 0.15) is 0 Å². The summed E-state index contributed by atoms with van der Waals surface area (Å²) in [6.07, 6.45) is 0.425. The third-order valence-electron chi connectivity index (χ3n) is 3.14. The zero-order valence-corrected chi connectivity index (χ0v) is 17.2. The number of halogens is 2. The normalized spacial score (nSPS) is 18.6. The Balaban J connectivity index is 0.000000143. The third-order valence-corrected chi connectivity index (χ3v) is 6.85. The molecule has 0 aromatic carbocycles. The van der Waals surface area contributed by atoms with Gasteiger partial charge in [0.05, 0.1) is 41.1 Å². The van der Waals surface area contributed by atoms with Crippen molar-refractivity contribution in [2.24, 2.45) is 0 Å². The van der Waals surface area contributed by atoms with Crippen LogP contribution in [0.1, 0.15) is 32.0 Å². The summed E-state index contributed by atoms with van der Waals surface area (Å²) in [6, 6.07) is 3.89. The van der Waals surface area contributed by atoms with E-state index in [1.165, 1.54) is 11.3 Å². The highest BCUT2D eigenvalue weighted by Gasteiger charge is 2.21. The van der Waals surface area contributed by atoms with E-state index >= 15 is 0 Å². The predicted molar refractivity (Wildman–Crippen MR) is 98.7 cm³/mol. The first-order valence-electron chi connectivity index (χ1n) is 7.12. The second-order valence-electron chi connectivity index (χ2n) is 4.79. The molecule has 4 heterocycles. The molecule has 0 amide bonds. The third kappa shape index (κ3) is 4.73. The van der Waals surface area contributed by atoms with E-state index in [4.69, 9.17) is 18.9 Å². The molecule has 2 aromatic rings. The van der Waals surface area contributed by atoms with E-state index in [1.807, 2.05) is 17.5 Å². The second-order valence-corrected chi connectivity index (χ2v) is 8.62. The Labute approximate surface area is 164 Å². The van der Waals surface area contributed by atoms with Crippen LogP contribution >= 0.6 is 54.5 Å². The van der Waals surface area contributed by atoms with Crippen LogP contribution in [0.4, 0.5) is 0 Å². The summed E-state index contributed by atoms with van der Waals surface area (Å²) in [5.41, 5.74) is 0. The van der Waals surface area contributed by atoms with E-state index in [9.17, 15) is 4.79 Å². The fraction of sp³-hybridized carbons (Fsp3) is 0.400. The van der Waals surface area contributed by atoms with E-state index < -0.39 is 0 Å². The van der Waals surface area contributed by atoms with E-state index in [0.717, 1.165) is 25.0 Å².